The fraction of sp³-hybridized carbons (Fsp3) is 0.250. The summed E-state index contributed by atoms with van der Waals surface area (Å²) in [6.07, 6.45) is 0.929. The van der Waals surface area contributed by atoms with Gasteiger partial charge in [-0.15, -0.1) is 0 Å². The number of nitrogens with zero attached hydrogens (tertiary/aromatic N) is 1. The Kier molecular flexibility index (Phi) is 3.38. The van der Waals surface area contributed by atoms with E-state index in [0.717, 1.165) is 0 Å². The Morgan fingerprint density at radius 2 is 2.43 bits per heavy atom. The van der Waals surface area contributed by atoms with Gasteiger partial charge in [0.25, 0.3) is 0 Å². The molecule has 1 aromatic heterocycles. The van der Waals surface area contributed by atoms with Crippen LogP contribution >= 0.6 is 11.6 Å². The fourth-order valence-electron chi connectivity index (χ4n) is 0.945. The van der Waals surface area contributed by atoms with Crippen LogP contribution in [0.15, 0.2) is 12.3 Å². The first-order chi connectivity index (χ1) is 6.50. The van der Waals surface area contributed by atoms with Crippen LogP contribution in [0.5, 0.6) is 0 Å². The second-order valence-electron chi connectivity index (χ2n) is 2.75. The average molecular weight is 219 g/mol. The molecule has 0 bridgehead atoms. The van der Waals surface area contributed by atoms with Gasteiger partial charge in [0.05, 0.1) is 11.4 Å². The predicted octanol–water partition coefficient (Wildman–Crippen LogP) is 1.35. The van der Waals surface area contributed by atoms with Gasteiger partial charge in [-0.2, -0.15) is 4.39 Å². The van der Waals surface area contributed by atoms with E-state index in [1.807, 2.05) is 0 Å². The van der Waals surface area contributed by atoms with Crippen LogP contribution < -0.4 is 5.73 Å². The minimum absolute atomic E-state index is 0.164. The summed E-state index contributed by atoms with van der Waals surface area (Å²) in [6, 6.07) is 0.551. The average Bonchev–Trinajstić information content (AvgIpc) is 2.08. The van der Waals surface area contributed by atoms with E-state index >= 15 is 0 Å². The second kappa shape index (κ2) is 4.34. The summed E-state index contributed by atoms with van der Waals surface area (Å²) in [5.41, 5.74) is 5.91. The lowest BCUT2D eigenvalue weighted by atomic mass is 10.1. The maximum absolute atomic E-state index is 12.6. The first-order valence-electron chi connectivity index (χ1n) is 3.79. The van der Waals surface area contributed by atoms with E-state index in [1.54, 1.807) is 0 Å². The first kappa shape index (κ1) is 10.9. The number of carboxylic acids is 1. The van der Waals surface area contributed by atoms with Gasteiger partial charge in [0, 0.05) is 12.2 Å². The van der Waals surface area contributed by atoms with Crippen molar-refractivity contribution in [2.75, 3.05) is 0 Å². The highest BCUT2D eigenvalue weighted by atomic mass is 35.5. The highest BCUT2D eigenvalue weighted by molar-refractivity contribution is 6.30. The first-order valence-corrected chi connectivity index (χ1v) is 4.17. The molecule has 1 heterocycles. The number of nitrogens with two attached hydrogens (primary N) is 1. The van der Waals surface area contributed by atoms with Crippen molar-refractivity contribution in [2.45, 2.75) is 12.5 Å². The number of hydrogen-bond donors (Lipinski definition) is 2. The van der Waals surface area contributed by atoms with Crippen molar-refractivity contribution in [2.24, 2.45) is 5.73 Å². The van der Waals surface area contributed by atoms with Crippen LogP contribution in [-0.2, 0) is 4.79 Å². The lowest BCUT2D eigenvalue weighted by molar-refractivity contribution is -0.137. The molecule has 0 spiro atoms. The number of carbonyl (C=O) groups is 1. The lowest BCUT2D eigenvalue weighted by Crippen LogP contribution is -2.15. The summed E-state index contributed by atoms with van der Waals surface area (Å²) in [7, 11) is 0. The number of rotatable bonds is 3. The molecule has 14 heavy (non-hydrogen) atoms. The van der Waals surface area contributed by atoms with Crippen molar-refractivity contribution in [3.05, 3.63) is 28.8 Å². The molecular weight excluding hydrogens is 211 g/mol. The molecule has 6 heteroatoms. The molecule has 0 saturated heterocycles. The highest BCUT2D eigenvalue weighted by Crippen LogP contribution is 2.19. The molecule has 0 unspecified atom stereocenters. The molecule has 1 rings (SSSR count). The molecule has 0 aromatic carbocycles. The van der Waals surface area contributed by atoms with Gasteiger partial charge in [-0.3, -0.25) is 4.79 Å². The number of halogens is 2. The molecular formula is C8H8ClFN2O2. The van der Waals surface area contributed by atoms with Crippen molar-refractivity contribution < 1.29 is 14.3 Å². The van der Waals surface area contributed by atoms with Crippen molar-refractivity contribution >= 4 is 17.6 Å². The smallest absolute Gasteiger partial charge is 0.305 e. The Labute approximate surface area is 84.5 Å². The molecule has 0 saturated carbocycles. The van der Waals surface area contributed by atoms with E-state index in [-0.39, 0.29) is 11.4 Å². The van der Waals surface area contributed by atoms with Gasteiger partial charge in [0.2, 0.25) is 5.95 Å². The second-order valence-corrected chi connectivity index (χ2v) is 3.15. The van der Waals surface area contributed by atoms with Gasteiger partial charge >= 0.3 is 5.97 Å². The van der Waals surface area contributed by atoms with Gasteiger partial charge in [-0.25, -0.2) is 4.98 Å². The van der Waals surface area contributed by atoms with Crippen LogP contribution in [0.2, 0.25) is 5.02 Å². The molecule has 0 aliphatic rings. The van der Waals surface area contributed by atoms with E-state index in [9.17, 15) is 9.18 Å². The number of aliphatic carboxylic acids is 1. The highest BCUT2D eigenvalue weighted by Gasteiger charge is 2.12. The summed E-state index contributed by atoms with van der Waals surface area (Å²) in [5.74, 6) is -1.82. The SMILES string of the molecule is N[C@@H](CC(=O)O)c1cnc(F)c(Cl)c1. The van der Waals surface area contributed by atoms with Crippen molar-refractivity contribution in [3.8, 4) is 0 Å². The van der Waals surface area contributed by atoms with Crippen LogP contribution in [0, 0.1) is 5.95 Å². The van der Waals surface area contributed by atoms with Crippen LogP contribution in [0.3, 0.4) is 0 Å². The molecule has 1 aromatic rings. The van der Waals surface area contributed by atoms with E-state index in [2.05, 4.69) is 4.98 Å². The summed E-state index contributed by atoms with van der Waals surface area (Å²) in [5, 5.41) is 8.30. The number of carboxylic acid groups (broad SMARTS) is 1. The van der Waals surface area contributed by atoms with Crippen molar-refractivity contribution in [1.82, 2.24) is 4.98 Å². The zero-order valence-electron chi connectivity index (χ0n) is 7.08. The van der Waals surface area contributed by atoms with Crippen LogP contribution in [-0.4, -0.2) is 16.1 Å². The number of aromatic nitrogens is 1. The van der Waals surface area contributed by atoms with Crippen LogP contribution in [0.4, 0.5) is 4.39 Å². The minimum Gasteiger partial charge on any atom is -0.481 e. The molecule has 4 nitrogen and oxygen atoms in total. The quantitative estimate of drug-likeness (QED) is 0.751. The molecule has 0 fully saturated rings. The Bertz CT molecular complexity index is 359. The zero-order valence-corrected chi connectivity index (χ0v) is 7.83. The van der Waals surface area contributed by atoms with Crippen LogP contribution in [0.25, 0.3) is 0 Å². The maximum Gasteiger partial charge on any atom is 0.305 e. The minimum atomic E-state index is -1.03. The third kappa shape index (κ3) is 2.65. The predicted molar refractivity (Wildman–Crippen MR) is 48.4 cm³/mol. The Morgan fingerprint density at radius 1 is 1.79 bits per heavy atom. The van der Waals surface area contributed by atoms with Gasteiger partial charge in [0.15, 0.2) is 0 Å². The van der Waals surface area contributed by atoms with E-state index in [0.29, 0.717) is 5.56 Å². The fourth-order valence-corrected chi connectivity index (χ4v) is 1.12. The summed E-state index contributed by atoms with van der Waals surface area (Å²) >= 11 is 5.45. The number of hydrogen-bond acceptors (Lipinski definition) is 3. The Morgan fingerprint density at radius 3 is 2.93 bits per heavy atom. The van der Waals surface area contributed by atoms with Crippen molar-refractivity contribution in [3.63, 3.8) is 0 Å². The normalized spacial score (nSPS) is 12.5. The largest absolute Gasteiger partial charge is 0.481 e. The number of pyridine rings is 1. The zero-order chi connectivity index (χ0) is 10.7. The summed E-state index contributed by atoms with van der Waals surface area (Å²) < 4.78 is 12.6. The molecule has 1 atom stereocenters. The molecule has 0 aliphatic carbocycles. The van der Waals surface area contributed by atoms with Gasteiger partial charge in [-0.1, -0.05) is 11.6 Å². The maximum atomic E-state index is 12.6. The van der Waals surface area contributed by atoms with Gasteiger partial charge in [-0.05, 0) is 11.6 Å². The van der Waals surface area contributed by atoms with Crippen LogP contribution in [0.1, 0.15) is 18.0 Å². The summed E-state index contributed by atoms with van der Waals surface area (Å²) in [4.78, 5) is 13.7. The molecule has 0 radical (unpaired) electrons. The van der Waals surface area contributed by atoms with E-state index < -0.39 is 18.0 Å². The van der Waals surface area contributed by atoms with E-state index in [4.69, 9.17) is 22.4 Å². The Hall–Kier alpha value is -1.20. The van der Waals surface area contributed by atoms with Gasteiger partial charge < -0.3 is 10.8 Å². The topological polar surface area (TPSA) is 76.2 Å². The third-order valence-corrected chi connectivity index (χ3v) is 1.91. The van der Waals surface area contributed by atoms with E-state index in [1.165, 1.54) is 12.3 Å². The van der Waals surface area contributed by atoms with Crippen molar-refractivity contribution in [1.29, 1.82) is 0 Å². The monoisotopic (exact) mass is 218 g/mol. The molecule has 0 amide bonds. The third-order valence-electron chi connectivity index (χ3n) is 1.64. The summed E-state index contributed by atoms with van der Waals surface area (Å²) in [6.45, 7) is 0. The lowest BCUT2D eigenvalue weighted by Gasteiger charge is -2.08. The molecule has 3 N–H and O–H groups in total. The molecule has 76 valence electrons. The van der Waals surface area contributed by atoms with Gasteiger partial charge in [0.1, 0.15) is 0 Å². The Balaban J connectivity index is 2.85. The standard InChI is InChI=1S/C8H8ClFN2O2/c9-5-1-4(3-12-8(5)10)6(11)2-7(13)14/h1,3,6H,2,11H2,(H,13,14)/t6-/m0/s1. The molecule has 0 aliphatic heterocycles.